The lowest BCUT2D eigenvalue weighted by molar-refractivity contribution is -0.139. The van der Waals surface area contributed by atoms with Gasteiger partial charge in [0.05, 0.1) is 5.02 Å². The lowest BCUT2D eigenvalue weighted by atomic mass is 9.83. The predicted octanol–water partition coefficient (Wildman–Crippen LogP) is 5.46. The zero-order valence-electron chi connectivity index (χ0n) is 21.9. The van der Waals surface area contributed by atoms with Crippen LogP contribution in [0.25, 0.3) is 11.1 Å². The molecule has 2 aromatic rings. The molecule has 1 aliphatic heterocycles. The standard InChI is InChI=1S/C30H37ClFN3O3/c1-2-6-23(28(33)36)24(16-19-10-11-19)29(37)34-27-9-3-4-14-35(30(27)38)18-20-7-5-8-21(15-20)22-12-13-26(32)25(31)17-22/h5,7-8,12-13,15,17,19,23-24,27H,2-4,6,9-11,14,16,18H2,1H3,(H2,33,36)(H,34,37)/t23-,24+,27-/m0/s1. The highest BCUT2D eigenvalue weighted by molar-refractivity contribution is 6.31. The molecule has 8 heteroatoms. The Kier molecular flexibility index (Phi) is 9.42. The van der Waals surface area contributed by atoms with E-state index in [0.717, 1.165) is 48.8 Å². The monoisotopic (exact) mass is 541 g/mol. The molecule has 2 fully saturated rings. The van der Waals surface area contributed by atoms with E-state index in [1.54, 1.807) is 17.0 Å². The number of halogens is 2. The summed E-state index contributed by atoms with van der Waals surface area (Å²) >= 11 is 5.97. The largest absolute Gasteiger partial charge is 0.369 e. The minimum Gasteiger partial charge on any atom is -0.369 e. The van der Waals surface area contributed by atoms with Crippen molar-refractivity contribution in [1.29, 1.82) is 0 Å². The van der Waals surface area contributed by atoms with Gasteiger partial charge in [-0.3, -0.25) is 14.4 Å². The van der Waals surface area contributed by atoms with E-state index in [1.807, 2.05) is 31.2 Å². The van der Waals surface area contributed by atoms with Gasteiger partial charge in [-0.05, 0) is 72.9 Å². The first-order chi connectivity index (χ1) is 18.3. The topological polar surface area (TPSA) is 92.5 Å². The van der Waals surface area contributed by atoms with Crippen LogP contribution in [0.1, 0.15) is 63.9 Å². The molecule has 3 N–H and O–H groups in total. The van der Waals surface area contributed by atoms with Gasteiger partial charge in [-0.2, -0.15) is 0 Å². The van der Waals surface area contributed by atoms with E-state index in [-0.39, 0.29) is 16.8 Å². The van der Waals surface area contributed by atoms with Crippen molar-refractivity contribution >= 4 is 29.3 Å². The van der Waals surface area contributed by atoms with Crippen LogP contribution in [0.4, 0.5) is 4.39 Å². The van der Waals surface area contributed by atoms with Gasteiger partial charge in [0.1, 0.15) is 11.9 Å². The molecule has 0 aromatic heterocycles. The summed E-state index contributed by atoms with van der Waals surface area (Å²) in [6.07, 6.45) is 6.35. The maximum absolute atomic E-state index is 13.6. The molecule has 204 valence electrons. The van der Waals surface area contributed by atoms with Gasteiger partial charge in [0.2, 0.25) is 17.7 Å². The third kappa shape index (κ3) is 7.13. The number of carbonyl (C=O) groups excluding carboxylic acids is 3. The van der Waals surface area contributed by atoms with Gasteiger partial charge in [0, 0.05) is 24.9 Å². The Labute approximate surface area is 229 Å². The van der Waals surface area contributed by atoms with Crippen LogP contribution in [0.15, 0.2) is 42.5 Å². The van der Waals surface area contributed by atoms with Crippen molar-refractivity contribution in [3.63, 3.8) is 0 Å². The lowest BCUT2D eigenvalue weighted by Crippen LogP contribution is -2.50. The zero-order chi connectivity index (χ0) is 27.2. The first kappa shape index (κ1) is 28.1. The molecule has 2 aromatic carbocycles. The van der Waals surface area contributed by atoms with Gasteiger partial charge in [-0.15, -0.1) is 0 Å². The van der Waals surface area contributed by atoms with Crippen molar-refractivity contribution < 1.29 is 18.8 Å². The molecular weight excluding hydrogens is 505 g/mol. The first-order valence-electron chi connectivity index (χ1n) is 13.7. The average molecular weight is 542 g/mol. The predicted molar refractivity (Wildman–Crippen MR) is 146 cm³/mol. The SMILES string of the molecule is CCC[C@H](C(N)=O)[C@@H](CC1CC1)C(=O)N[C@H]1CCCCN(Cc2cccc(-c3ccc(F)c(Cl)c3)c2)C1=O. The number of primary amides is 1. The molecule has 3 atom stereocenters. The maximum atomic E-state index is 13.6. The van der Waals surface area contributed by atoms with Gasteiger partial charge < -0.3 is 16.0 Å². The fraction of sp³-hybridized carbons (Fsp3) is 0.500. The summed E-state index contributed by atoms with van der Waals surface area (Å²) in [5.74, 6) is -1.81. The van der Waals surface area contributed by atoms with E-state index >= 15 is 0 Å². The van der Waals surface area contributed by atoms with Crippen molar-refractivity contribution in [2.45, 2.75) is 70.9 Å². The van der Waals surface area contributed by atoms with Crippen LogP contribution in [0.5, 0.6) is 0 Å². The van der Waals surface area contributed by atoms with E-state index in [1.165, 1.54) is 6.07 Å². The number of nitrogens with zero attached hydrogens (tertiary/aromatic N) is 1. The minimum atomic E-state index is -0.624. The van der Waals surface area contributed by atoms with Gasteiger partial charge in [0.15, 0.2) is 0 Å². The molecule has 3 amide bonds. The van der Waals surface area contributed by atoms with Gasteiger partial charge >= 0.3 is 0 Å². The van der Waals surface area contributed by atoms with Crippen LogP contribution < -0.4 is 11.1 Å². The number of nitrogens with one attached hydrogen (secondary N) is 1. The Morgan fingerprint density at radius 1 is 1.11 bits per heavy atom. The highest BCUT2D eigenvalue weighted by atomic mass is 35.5. The number of rotatable bonds is 11. The summed E-state index contributed by atoms with van der Waals surface area (Å²) in [7, 11) is 0. The number of carbonyl (C=O) groups is 3. The summed E-state index contributed by atoms with van der Waals surface area (Å²) in [4.78, 5) is 41.0. The molecule has 2 aliphatic rings. The highest BCUT2D eigenvalue weighted by Gasteiger charge is 2.38. The molecule has 4 rings (SSSR count). The number of hydrogen-bond acceptors (Lipinski definition) is 3. The second kappa shape index (κ2) is 12.7. The van der Waals surface area contributed by atoms with Crippen molar-refractivity contribution in [2.24, 2.45) is 23.5 Å². The van der Waals surface area contributed by atoms with Crippen LogP contribution in [-0.4, -0.2) is 35.2 Å². The molecular formula is C30H37ClFN3O3. The summed E-state index contributed by atoms with van der Waals surface area (Å²) in [5, 5.41) is 3.07. The van der Waals surface area contributed by atoms with Crippen molar-refractivity contribution in [2.75, 3.05) is 6.54 Å². The highest BCUT2D eigenvalue weighted by Crippen LogP contribution is 2.38. The molecule has 38 heavy (non-hydrogen) atoms. The van der Waals surface area contributed by atoms with E-state index < -0.39 is 29.6 Å². The lowest BCUT2D eigenvalue weighted by Gasteiger charge is -2.28. The second-order valence-electron chi connectivity index (χ2n) is 10.7. The van der Waals surface area contributed by atoms with Crippen LogP contribution in [0.2, 0.25) is 5.02 Å². The molecule has 0 radical (unpaired) electrons. The van der Waals surface area contributed by atoms with E-state index in [4.69, 9.17) is 17.3 Å². The fourth-order valence-corrected chi connectivity index (χ4v) is 5.62. The van der Waals surface area contributed by atoms with Crippen molar-refractivity contribution in [3.8, 4) is 11.1 Å². The first-order valence-corrected chi connectivity index (χ1v) is 14.1. The Hall–Kier alpha value is -2.93. The molecule has 1 saturated heterocycles. The van der Waals surface area contributed by atoms with Crippen LogP contribution in [0.3, 0.4) is 0 Å². The van der Waals surface area contributed by atoms with Crippen LogP contribution >= 0.6 is 11.6 Å². The van der Waals surface area contributed by atoms with E-state index in [0.29, 0.717) is 38.3 Å². The Balaban J connectivity index is 1.47. The molecule has 0 spiro atoms. The molecule has 1 saturated carbocycles. The Bertz CT molecular complexity index is 1170. The molecule has 1 heterocycles. The summed E-state index contributed by atoms with van der Waals surface area (Å²) in [6, 6.07) is 11.7. The van der Waals surface area contributed by atoms with Gasteiger partial charge in [-0.25, -0.2) is 4.39 Å². The van der Waals surface area contributed by atoms with E-state index in [9.17, 15) is 18.8 Å². The number of hydrogen-bond donors (Lipinski definition) is 2. The number of nitrogens with two attached hydrogens (primary N) is 1. The van der Waals surface area contributed by atoms with Gasteiger partial charge in [-0.1, -0.05) is 62.1 Å². The Morgan fingerprint density at radius 2 is 1.87 bits per heavy atom. The zero-order valence-corrected chi connectivity index (χ0v) is 22.7. The Morgan fingerprint density at radius 3 is 2.55 bits per heavy atom. The maximum Gasteiger partial charge on any atom is 0.245 e. The quantitative estimate of drug-likeness (QED) is 0.395. The van der Waals surface area contributed by atoms with Crippen molar-refractivity contribution in [3.05, 3.63) is 58.9 Å². The summed E-state index contributed by atoms with van der Waals surface area (Å²) in [6.45, 7) is 2.98. The summed E-state index contributed by atoms with van der Waals surface area (Å²) < 4.78 is 13.6. The van der Waals surface area contributed by atoms with Crippen molar-refractivity contribution in [1.82, 2.24) is 10.2 Å². The molecule has 1 aliphatic carbocycles. The van der Waals surface area contributed by atoms with Crippen LogP contribution in [-0.2, 0) is 20.9 Å². The van der Waals surface area contributed by atoms with E-state index in [2.05, 4.69) is 5.32 Å². The number of benzene rings is 2. The third-order valence-electron chi connectivity index (χ3n) is 7.72. The summed E-state index contributed by atoms with van der Waals surface area (Å²) in [5.41, 5.74) is 8.31. The normalized spacial score (nSPS) is 19.5. The smallest absolute Gasteiger partial charge is 0.245 e. The number of likely N-dealkylation sites (tertiary alicyclic amines) is 1. The van der Waals surface area contributed by atoms with Gasteiger partial charge in [0.25, 0.3) is 0 Å². The second-order valence-corrected chi connectivity index (χ2v) is 11.1. The fourth-order valence-electron chi connectivity index (χ4n) is 5.44. The molecule has 0 unspecified atom stereocenters. The molecule has 0 bridgehead atoms. The van der Waals surface area contributed by atoms with Crippen LogP contribution in [0, 0.1) is 23.6 Å². The third-order valence-corrected chi connectivity index (χ3v) is 8.01. The number of amides is 3. The minimum absolute atomic E-state index is 0.0617. The average Bonchev–Trinajstić information content (AvgIpc) is 3.73. The molecule has 6 nitrogen and oxygen atoms in total.